The molecule has 0 heterocycles. The SMILES string of the molecule is CCCCCCCCCCCCCCCCC/C=C/C(O)C(CO)NC(=O)CCCCCCCCCCCCCCCCCCC/C=C\CCCCCCCCCCCCCCCCCCCCOC(=O)CCCCCCCCCCCCCCCCCCCCC. The number of allylic oxidation sites excluding steroid dienone is 3. The first-order chi connectivity index (χ1) is 45.5. The van der Waals surface area contributed by atoms with Crippen LogP contribution in [-0.4, -0.2) is 47.4 Å². The molecule has 6 heteroatoms. The van der Waals surface area contributed by atoms with Crippen molar-refractivity contribution in [1.82, 2.24) is 5.32 Å². The summed E-state index contributed by atoms with van der Waals surface area (Å²) in [5.74, 6) is -0.0313. The standard InChI is InChI=1S/C86H167NO5/c1-3-5-7-9-11-13-15-17-19-21-43-48-52-56-60-64-68-72-76-80-86(91)92-81-77-73-69-65-61-57-53-49-45-42-40-38-36-34-32-30-28-26-24-22-23-25-27-29-31-33-35-37-39-41-44-47-51-55-59-63-67-71-75-79-85(90)87-83(82-88)84(89)78-74-70-66-62-58-54-50-46-20-18-16-14-12-10-8-6-4-2/h22-23,74,78,83-84,88-89H,3-21,24-73,75-77,79-82H2,1-2H3,(H,87,90)/b23-22-,78-74+. The predicted molar refractivity (Wildman–Crippen MR) is 407 cm³/mol. The Labute approximate surface area is 577 Å². The molecule has 0 saturated heterocycles. The molecule has 0 aliphatic heterocycles. The summed E-state index contributed by atoms with van der Waals surface area (Å²) in [6.07, 6.45) is 106. The van der Waals surface area contributed by atoms with E-state index in [0.717, 1.165) is 38.5 Å². The van der Waals surface area contributed by atoms with Gasteiger partial charge in [0.1, 0.15) is 0 Å². The molecule has 0 aliphatic carbocycles. The molecule has 0 saturated carbocycles. The van der Waals surface area contributed by atoms with Gasteiger partial charge in [-0.15, -0.1) is 0 Å². The van der Waals surface area contributed by atoms with Gasteiger partial charge in [-0.2, -0.15) is 0 Å². The normalized spacial score (nSPS) is 12.5. The van der Waals surface area contributed by atoms with Crippen molar-refractivity contribution < 1.29 is 24.5 Å². The number of nitrogens with one attached hydrogen (secondary N) is 1. The molecule has 0 fully saturated rings. The first-order valence-corrected chi connectivity index (χ1v) is 42.6. The maximum Gasteiger partial charge on any atom is 0.305 e. The number of carbonyl (C=O) groups is 2. The molecule has 0 spiro atoms. The van der Waals surface area contributed by atoms with E-state index in [4.69, 9.17) is 4.74 Å². The number of esters is 1. The average molecular weight is 1300 g/mol. The molecule has 0 bridgehead atoms. The zero-order valence-electron chi connectivity index (χ0n) is 62.8. The Morgan fingerprint density at radius 1 is 0.293 bits per heavy atom. The van der Waals surface area contributed by atoms with Crippen molar-refractivity contribution in [3.63, 3.8) is 0 Å². The average Bonchev–Trinajstić information content (AvgIpc) is 3.59. The van der Waals surface area contributed by atoms with Gasteiger partial charge >= 0.3 is 5.97 Å². The molecular formula is C86H167NO5. The van der Waals surface area contributed by atoms with Crippen molar-refractivity contribution in [3.05, 3.63) is 24.3 Å². The molecule has 2 unspecified atom stereocenters. The van der Waals surface area contributed by atoms with E-state index in [2.05, 4.69) is 31.3 Å². The fourth-order valence-corrected chi connectivity index (χ4v) is 13.8. The number of unbranched alkanes of at least 4 members (excludes halogenated alkanes) is 68. The molecule has 1 amide bonds. The lowest BCUT2D eigenvalue weighted by atomic mass is 10.0. The Bertz CT molecular complexity index is 1450. The first kappa shape index (κ1) is 90.3. The van der Waals surface area contributed by atoms with E-state index in [1.165, 1.54) is 424 Å². The van der Waals surface area contributed by atoms with Gasteiger partial charge in [-0.3, -0.25) is 9.59 Å². The van der Waals surface area contributed by atoms with Gasteiger partial charge in [0.25, 0.3) is 0 Å². The second-order valence-electron chi connectivity index (χ2n) is 29.5. The smallest absolute Gasteiger partial charge is 0.305 e. The van der Waals surface area contributed by atoms with E-state index in [1.54, 1.807) is 6.08 Å². The minimum atomic E-state index is -0.842. The molecule has 546 valence electrons. The predicted octanol–water partition coefficient (Wildman–Crippen LogP) is 28.4. The van der Waals surface area contributed by atoms with Crippen LogP contribution in [0.15, 0.2) is 24.3 Å². The highest BCUT2D eigenvalue weighted by atomic mass is 16.5. The van der Waals surface area contributed by atoms with Gasteiger partial charge in [0.05, 0.1) is 25.4 Å². The molecule has 6 nitrogen and oxygen atoms in total. The Hall–Kier alpha value is -1.66. The van der Waals surface area contributed by atoms with Crippen molar-refractivity contribution in [3.8, 4) is 0 Å². The van der Waals surface area contributed by atoms with Gasteiger partial charge < -0.3 is 20.3 Å². The Balaban J connectivity index is 3.31. The molecule has 0 aromatic heterocycles. The lowest BCUT2D eigenvalue weighted by Gasteiger charge is -2.20. The van der Waals surface area contributed by atoms with Crippen molar-refractivity contribution in [2.75, 3.05) is 13.2 Å². The van der Waals surface area contributed by atoms with Crippen molar-refractivity contribution >= 4 is 11.9 Å². The summed E-state index contributed by atoms with van der Waals surface area (Å²) >= 11 is 0. The second kappa shape index (κ2) is 81.8. The van der Waals surface area contributed by atoms with E-state index in [9.17, 15) is 19.8 Å². The monoisotopic (exact) mass is 1290 g/mol. The highest BCUT2D eigenvalue weighted by Gasteiger charge is 2.18. The largest absolute Gasteiger partial charge is 0.466 e. The van der Waals surface area contributed by atoms with E-state index < -0.39 is 12.1 Å². The quantitative estimate of drug-likeness (QED) is 0.0320. The number of aliphatic hydroxyl groups is 2. The Morgan fingerprint density at radius 3 is 0.772 bits per heavy atom. The number of carbonyl (C=O) groups excluding carboxylic acids is 2. The summed E-state index contributed by atoms with van der Waals surface area (Å²) in [5, 5.41) is 23.2. The number of ether oxygens (including phenoxy) is 1. The number of amides is 1. The molecule has 0 radical (unpaired) electrons. The third kappa shape index (κ3) is 77.3. The molecule has 0 aromatic carbocycles. The minimum Gasteiger partial charge on any atom is -0.466 e. The van der Waals surface area contributed by atoms with Crippen LogP contribution >= 0.6 is 0 Å². The molecule has 0 rings (SSSR count). The van der Waals surface area contributed by atoms with Crippen LogP contribution < -0.4 is 5.32 Å². The zero-order chi connectivity index (χ0) is 66.3. The van der Waals surface area contributed by atoms with Crippen molar-refractivity contribution in [2.24, 2.45) is 0 Å². The third-order valence-corrected chi connectivity index (χ3v) is 20.2. The maximum absolute atomic E-state index is 12.5. The molecule has 92 heavy (non-hydrogen) atoms. The lowest BCUT2D eigenvalue weighted by molar-refractivity contribution is -0.143. The van der Waals surface area contributed by atoms with E-state index in [1.807, 2.05) is 6.08 Å². The maximum atomic E-state index is 12.5. The molecule has 3 N–H and O–H groups in total. The first-order valence-electron chi connectivity index (χ1n) is 42.6. The molecule has 0 aliphatic rings. The number of aliphatic hydroxyl groups excluding tert-OH is 2. The van der Waals surface area contributed by atoms with Gasteiger partial charge in [0.2, 0.25) is 5.91 Å². The van der Waals surface area contributed by atoms with Crippen molar-refractivity contribution in [2.45, 2.75) is 501 Å². The van der Waals surface area contributed by atoms with Gasteiger partial charge in [-0.25, -0.2) is 0 Å². The van der Waals surface area contributed by atoms with E-state index >= 15 is 0 Å². The third-order valence-electron chi connectivity index (χ3n) is 20.2. The fourth-order valence-electron chi connectivity index (χ4n) is 13.8. The van der Waals surface area contributed by atoms with Crippen LogP contribution in [0.5, 0.6) is 0 Å². The zero-order valence-corrected chi connectivity index (χ0v) is 62.8. The summed E-state index contributed by atoms with van der Waals surface area (Å²) in [6.45, 7) is 4.97. The van der Waals surface area contributed by atoms with E-state index in [-0.39, 0.29) is 18.5 Å². The van der Waals surface area contributed by atoms with Gasteiger partial charge in [0.15, 0.2) is 0 Å². The summed E-state index contributed by atoms with van der Waals surface area (Å²) in [7, 11) is 0. The highest BCUT2D eigenvalue weighted by molar-refractivity contribution is 5.76. The summed E-state index contributed by atoms with van der Waals surface area (Å²) in [6, 6.07) is -0.625. The molecule has 0 aromatic rings. The molecular weight excluding hydrogens is 1130 g/mol. The second-order valence-corrected chi connectivity index (χ2v) is 29.5. The van der Waals surface area contributed by atoms with Gasteiger partial charge in [-0.05, 0) is 57.8 Å². The van der Waals surface area contributed by atoms with Crippen LogP contribution in [0, 0.1) is 0 Å². The van der Waals surface area contributed by atoms with Crippen LogP contribution in [0.4, 0.5) is 0 Å². The van der Waals surface area contributed by atoms with Gasteiger partial charge in [0, 0.05) is 12.8 Å². The van der Waals surface area contributed by atoms with Gasteiger partial charge in [-0.1, -0.05) is 443 Å². The fraction of sp³-hybridized carbons (Fsp3) is 0.930. The molecule has 2 atom stereocenters. The number of hydrogen-bond acceptors (Lipinski definition) is 5. The van der Waals surface area contributed by atoms with E-state index in [0.29, 0.717) is 19.4 Å². The highest BCUT2D eigenvalue weighted by Crippen LogP contribution is 2.21. The minimum absolute atomic E-state index is 0.0283. The van der Waals surface area contributed by atoms with Crippen LogP contribution in [0.2, 0.25) is 0 Å². The summed E-state index contributed by atoms with van der Waals surface area (Å²) in [4.78, 5) is 24.7. The lowest BCUT2D eigenvalue weighted by Crippen LogP contribution is -2.45. The number of rotatable bonds is 81. The van der Waals surface area contributed by atoms with Crippen LogP contribution in [-0.2, 0) is 14.3 Å². The summed E-state index contributed by atoms with van der Waals surface area (Å²) < 4.78 is 5.53. The number of hydrogen-bond donors (Lipinski definition) is 3. The topological polar surface area (TPSA) is 95.9 Å². The van der Waals surface area contributed by atoms with Crippen LogP contribution in [0.1, 0.15) is 489 Å². The Kier molecular flexibility index (Phi) is 80.3. The Morgan fingerprint density at radius 2 is 0.511 bits per heavy atom. The van der Waals surface area contributed by atoms with Crippen LogP contribution in [0.3, 0.4) is 0 Å². The van der Waals surface area contributed by atoms with Crippen molar-refractivity contribution in [1.29, 1.82) is 0 Å². The summed E-state index contributed by atoms with van der Waals surface area (Å²) in [5.41, 5.74) is 0. The van der Waals surface area contributed by atoms with Crippen LogP contribution in [0.25, 0.3) is 0 Å².